The number of allylic oxidation sites excluding steroid dienone is 2. The van der Waals surface area contributed by atoms with Crippen LogP contribution in [0.3, 0.4) is 0 Å². The summed E-state index contributed by atoms with van der Waals surface area (Å²) in [6.45, 7) is 10.8. The molecule has 3 saturated heterocycles. The molecule has 182 valence electrons. The van der Waals surface area contributed by atoms with E-state index in [0.29, 0.717) is 5.89 Å². The number of para-hydroxylation sites is 1. The molecular formula is C29H38N5O+3. The SMILES string of the molecule is C[n+]1cccc2oc(/C=C3\C=CN(CCCCC[N+]45CC[N+](C)(CC4)CC5)c4ccccc43)nc21. The molecule has 0 aliphatic carbocycles. The molecule has 6 heteroatoms. The van der Waals surface area contributed by atoms with Gasteiger partial charge < -0.3 is 18.3 Å². The highest BCUT2D eigenvalue weighted by Gasteiger charge is 2.46. The molecule has 4 aliphatic rings. The van der Waals surface area contributed by atoms with Gasteiger partial charge in [-0.25, -0.2) is 4.57 Å². The van der Waals surface area contributed by atoms with Crippen molar-refractivity contribution in [3.8, 4) is 0 Å². The number of nitrogens with zero attached hydrogens (tertiary/aromatic N) is 5. The van der Waals surface area contributed by atoms with Gasteiger partial charge in [0.15, 0.2) is 0 Å². The Kier molecular flexibility index (Phi) is 5.73. The summed E-state index contributed by atoms with van der Waals surface area (Å²) in [5.41, 5.74) is 5.32. The number of hydrogen-bond donors (Lipinski definition) is 0. The first-order valence-electron chi connectivity index (χ1n) is 13.2. The van der Waals surface area contributed by atoms with Crippen molar-refractivity contribution in [1.29, 1.82) is 0 Å². The summed E-state index contributed by atoms with van der Waals surface area (Å²) in [6.07, 6.45) is 12.4. The molecule has 1 aromatic carbocycles. The largest absolute Gasteiger partial charge is 0.411 e. The molecule has 0 radical (unpaired) electrons. The number of aromatic nitrogens is 2. The maximum atomic E-state index is 6.00. The van der Waals surface area contributed by atoms with Crippen molar-refractivity contribution in [1.82, 2.24) is 4.98 Å². The Hall–Kier alpha value is -2.96. The van der Waals surface area contributed by atoms with Gasteiger partial charge in [0.2, 0.25) is 5.58 Å². The topological polar surface area (TPSA) is 33.1 Å². The molecule has 4 aliphatic heterocycles. The first kappa shape index (κ1) is 22.5. The Morgan fingerprint density at radius 3 is 2.60 bits per heavy atom. The zero-order valence-electron chi connectivity index (χ0n) is 21.2. The van der Waals surface area contributed by atoms with E-state index in [4.69, 9.17) is 9.40 Å². The average Bonchev–Trinajstić information content (AvgIpc) is 3.30. The van der Waals surface area contributed by atoms with E-state index in [1.54, 1.807) is 0 Å². The second-order valence-corrected chi connectivity index (χ2v) is 11.1. The number of likely N-dealkylation sites (N-methyl/N-ethyl adjacent to an activating group) is 1. The van der Waals surface area contributed by atoms with Gasteiger partial charge in [0.1, 0.15) is 39.3 Å². The lowest BCUT2D eigenvalue weighted by molar-refractivity contribution is -1.07. The number of anilines is 1. The fraction of sp³-hybridized carbons (Fsp3) is 0.448. The molecule has 7 rings (SSSR count). The quantitative estimate of drug-likeness (QED) is 0.296. The smallest absolute Gasteiger partial charge is 0.370 e. The van der Waals surface area contributed by atoms with Gasteiger partial charge in [0, 0.05) is 35.1 Å². The lowest BCUT2D eigenvalue weighted by Gasteiger charge is -2.54. The highest BCUT2D eigenvalue weighted by molar-refractivity contribution is 5.94. The van der Waals surface area contributed by atoms with Gasteiger partial charge in [0.05, 0.1) is 26.8 Å². The van der Waals surface area contributed by atoms with E-state index in [1.807, 2.05) is 29.9 Å². The van der Waals surface area contributed by atoms with Crippen molar-refractivity contribution in [2.24, 2.45) is 7.05 Å². The number of pyridine rings is 1. The Morgan fingerprint density at radius 2 is 1.80 bits per heavy atom. The van der Waals surface area contributed by atoms with Crippen LogP contribution in [0, 0.1) is 0 Å². The van der Waals surface area contributed by atoms with Crippen LogP contribution in [0.5, 0.6) is 0 Å². The molecule has 6 heterocycles. The normalized spacial score (nSPS) is 26.6. The minimum Gasteiger partial charge on any atom is -0.411 e. The average molecular weight is 473 g/mol. The zero-order valence-corrected chi connectivity index (χ0v) is 21.2. The summed E-state index contributed by atoms with van der Waals surface area (Å²) >= 11 is 0. The molecule has 0 N–H and O–H groups in total. The van der Waals surface area contributed by atoms with E-state index >= 15 is 0 Å². The summed E-state index contributed by atoms with van der Waals surface area (Å²) in [5.74, 6) is 0.645. The maximum Gasteiger partial charge on any atom is 0.370 e. The van der Waals surface area contributed by atoms with Crippen LogP contribution >= 0.6 is 0 Å². The monoisotopic (exact) mass is 472 g/mol. The second-order valence-electron chi connectivity index (χ2n) is 11.1. The van der Waals surface area contributed by atoms with Crippen LogP contribution in [0.1, 0.15) is 30.7 Å². The second kappa shape index (κ2) is 8.92. The van der Waals surface area contributed by atoms with Crippen molar-refractivity contribution < 1.29 is 18.0 Å². The highest BCUT2D eigenvalue weighted by Crippen LogP contribution is 2.34. The first-order valence-corrected chi connectivity index (χ1v) is 13.2. The summed E-state index contributed by atoms with van der Waals surface area (Å²) in [6, 6.07) is 12.6. The number of aryl methyl sites for hydroxylation is 1. The van der Waals surface area contributed by atoms with Gasteiger partial charge in [-0.2, -0.15) is 0 Å². The van der Waals surface area contributed by atoms with E-state index in [2.05, 4.69) is 54.6 Å². The van der Waals surface area contributed by atoms with E-state index in [1.165, 1.54) is 85.3 Å². The summed E-state index contributed by atoms with van der Waals surface area (Å²) < 4.78 is 10.7. The van der Waals surface area contributed by atoms with Gasteiger partial charge in [-0.15, -0.1) is 0 Å². The third-order valence-corrected chi connectivity index (χ3v) is 8.65. The predicted octanol–water partition coefficient (Wildman–Crippen LogP) is 3.99. The van der Waals surface area contributed by atoms with Crippen molar-refractivity contribution in [2.75, 3.05) is 64.3 Å². The molecule has 0 atom stereocenters. The van der Waals surface area contributed by atoms with E-state index in [0.717, 1.165) is 23.3 Å². The van der Waals surface area contributed by atoms with Crippen LogP contribution in [0.25, 0.3) is 22.9 Å². The van der Waals surface area contributed by atoms with Crippen LogP contribution in [-0.2, 0) is 7.05 Å². The van der Waals surface area contributed by atoms with Crippen LogP contribution in [-0.4, -0.2) is 73.4 Å². The number of benzene rings is 1. The fourth-order valence-electron chi connectivity index (χ4n) is 6.13. The first-order chi connectivity index (χ1) is 17.0. The molecule has 35 heavy (non-hydrogen) atoms. The number of piperazine rings is 3. The van der Waals surface area contributed by atoms with Crippen molar-refractivity contribution in [2.45, 2.75) is 19.3 Å². The van der Waals surface area contributed by atoms with Gasteiger partial charge in [0.25, 0.3) is 0 Å². The standard InChI is InChI=1S/C29H38N5O/c1-31-13-8-11-27-29(31)30-28(35-27)23-24-12-15-32(26-10-5-4-9-25(24)26)14-6-3-7-16-34-20-17-33(2,18-21-34)19-22-34/h4-5,8-13,15,23H,3,6-7,14,16-22H2,1-2H3/q+3. The highest BCUT2D eigenvalue weighted by atomic mass is 16.3. The number of unbranched alkanes of at least 4 members (excludes halogenated alkanes) is 2. The third kappa shape index (κ3) is 4.41. The van der Waals surface area contributed by atoms with Gasteiger partial charge in [-0.05, 0) is 49.1 Å². The molecule has 3 aromatic rings. The molecular weight excluding hydrogens is 434 g/mol. The Balaban J connectivity index is 1.09. The van der Waals surface area contributed by atoms with Gasteiger partial charge >= 0.3 is 11.5 Å². The molecule has 0 saturated carbocycles. The number of hydrogen-bond acceptors (Lipinski definition) is 3. The van der Waals surface area contributed by atoms with Crippen LogP contribution in [0.2, 0.25) is 0 Å². The maximum absolute atomic E-state index is 6.00. The Morgan fingerprint density at radius 1 is 1.00 bits per heavy atom. The Bertz CT molecular complexity index is 1260. The van der Waals surface area contributed by atoms with Crippen LogP contribution in [0.4, 0.5) is 5.69 Å². The molecule has 6 nitrogen and oxygen atoms in total. The molecule has 2 aromatic heterocycles. The number of oxazole rings is 1. The minimum atomic E-state index is 0.645. The minimum absolute atomic E-state index is 0.645. The van der Waals surface area contributed by atoms with E-state index < -0.39 is 0 Å². The van der Waals surface area contributed by atoms with E-state index in [-0.39, 0.29) is 0 Å². The summed E-state index contributed by atoms with van der Waals surface area (Å²) in [7, 11) is 4.44. The van der Waals surface area contributed by atoms with Crippen LogP contribution < -0.4 is 9.47 Å². The number of fused-ring (bicyclic) bond motifs is 5. The zero-order chi connectivity index (χ0) is 23.9. The summed E-state index contributed by atoms with van der Waals surface area (Å²) in [4.78, 5) is 7.11. The molecule has 3 fully saturated rings. The lowest BCUT2D eigenvalue weighted by atomic mass is 9.99. The van der Waals surface area contributed by atoms with Gasteiger partial charge in [-0.3, -0.25) is 0 Å². The Labute approximate surface area is 208 Å². The molecule has 2 bridgehead atoms. The van der Waals surface area contributed by atoms with Crippen molar-refractivity contribution in [3.63, 3.8) is 0 Å². The van der Waals surface area contributed by atoms with E-state index in [9.17, 15) is 0 Å². The molecule has 0 unspecified atom stereocenters. The van der Waals surface area contributed by atoms with Crippen LogP contribution in [0.15, 0.2) is 59.3 Å². The lowest BCUT2D eigenvalue weighted by Crippen LogP contribution is -2.73. The molecule has 0 amide bonds. The van der Waals surface area contributed by atoms with Crippen molar-refractivity contribution >= 4 is 28.6 Å². The number of quaternary nitrogens is 2. The number of rotatable bonds is 7. The van der Waals surface area contributed by atoms with Gasteiger partial charge in [-0.1, -0.05) is 18.2 Å². The summed E-state index contributed by atoms with van der Waals surface area (Å²) in [5, 5.41) is 0. The van der Waals surface area contributed by atoms with Crippen molar-refractivity contribution in [3.05, 3.63) is 66.3 Å². The molecule has 0 spiro atoms. The third-order valence-electron chi connectivity index (χ3n) is 8.65. The predicted molar refractivity (Wildman–Crippen MR) is 140 cm³/mol. The fourth-order valence-corrected chi connectivity index (χ4v) is 6.13.